The van der Waals surface area contributed by atoms with Gasteiger partial charge in [0.05, 0.1) is 6.42 Å². The summed E-state index contributed by atoms with van der Waals surface area (Å²) in [5.41, 5.74) is 1.81. The summed E-state index contributed by atoms with van der Waals surface area (Å²) in [6, 6.07) is 4.81. The maximum absolute atomic E-state index is 12.1. The fraction of sp³-hybridized carbons (Fsp3) is 0.400. The summed E-state index contributed by atoms with van der Waals surface area (Å²) in [5.74, 6) is 0.243. The summed E-state index contributed by atoms with van der Waals surface area (Å²) in [6.07, 6.45) is -5.05. The highest BCUT2D eigenvalue weighted by Crippen LogP contribution is 2.23. The maximum Gasteiger partial charge on any atom is 0.393 e. The van der Waals surface area contributed by atoms with E-state index >= 15 is 0 Å². The molecule has 0 aliphatic carbocycles. The number of hydrogen-bond donors (Lipinski definition) is 0. The second-order valence-electron chi connectivity index (χ2n) is 3.25. The van der Waals surface area contributed by atoms with E-state index in [-0.39, 0.29) is 11.4 Å². The second kappa shape index (κ2) is 4.22. The Labute approximate surface area is 85.7 Å². The molecule has 0 aliphatic heterocycles. The van der Waals surface area contributed by atoms with Gasteiger partial charge in [0.2, 0.25) is 0 Å². The molecule has 0 atom stereocenters. The Morgan fingerprint density at radius 3 is 2.21 bits per heavy atom. The third kappa shape index (κ3) is 3.58. The standard InChI is InChI=1S/C10H10ClF3/c1-7-2-8(5-10(12,13)14)4-9(3-7)6-11/h2-4H,5-6H2,1H3. The van der Waals surface area contributed by atoms with Gasteiger partial charge in [0, 0.05) is 5.88 Å². The van der Waals surface area contributed by atoms with Crippen molar-refractivity contribution in [2.75, 3.05) is 0 Å². The zero-order valence-corrected chi connectivity index (χ0v) is 8.41. The van der Waals surface area contributed by atoms with E-state index in [2.05, 4.69) is 0 Å². The molecule has 0 bridgehead atoms. The molecular weight excluding hydrogens is 213 g/mol. The van der Waals surface area contributed by atoms with E-state index in [1.54, 1.807) is 13.0 Å². The predicted octanol–water partition coefficient (Wildman–Crippen LogP) is 3.84. The van der Waals surface area contributed by atoms with E-state index in [4.69, 9.17) is 11.6 Å². The lowest BCUT2D eigenvalue weighted by atomic mass is 10.1. The molecule has 0 aromatic heterocycles. The van der Waals surface area contributed by atoms with Crippen LogP contribution in [0.25, 0.3) is 0 Å². The summed E-state index contributed by atoms with van der Waals surface area (Å²) in [5, 5.41) is 0. The van der Waals surface area contributed by atoms with Gasteiger partial charge in [-0.2, -0.15) is 13.2 Å². The number of alkyl halides is 4. The summed E-state index contributed by atoms with van der Waals surface area (Å²) in [7, 11) is 0. The average Bonchev–Trinajstić information content (AvgIpc) is 1.99. The first-order valence-corrected chi connectivity index (χ1v) is 4.66. The van der Waals surface area contributed by atoms with E-state index in [1.807, 2.05) is 0 Å². The summed E-state index contributed by atoms with van der Waals surface area (Å²) in [6.45, 7) is 1.76. The molecule has 0 unspecified atom stereocenters. The number of hydrogen-bond acceptors (Lipinski definition) is 0. The molecule has 0 nitrogen and oxygen atoms in total. The lowest BCUT2D eigenvalue weighted by Gasteiger charge is -2.08. The fourth-order valence-corrected chi connectivity index (χ4v) is 1.51. The van der Waals surface area contributed by atoms with Gasteiger partial charge in [-0.3, -0.25) is 0 Å². The van der Waals surface area contributed by atoms with Gasteiger partial charge >= 0.3 is 6.18 Å². The van der Waals surface area contributed by atoms with E-state index in [0.717, 1.165) is 11.1 Å². The monoisotopic (exact) mass is 222 g/mol. The average molecular weight is 223 g/mol. The molecule has 14 heavy (non-hydrogen) atoms. The minimum atomic E-state index is -4.16. The molecule has 0 heterocycles. The maximum atomic E-state index is 12.1. The van der Waals surface area contributed by atoms with Gasteiger partial charge in [0.25, 0.3) is 0 Å². The third-order valence-corrected chi connectivity index (χ3v) is 2.06. The van der Waals surface area contributed by atoms with Crippen molar-refractivity contribution in [3.63, 3.8) is 0 Å². The second-order valence-corrected chi connectivity index (χ2v) is 3.52. The first-order valence-electron chi connectivity index (χ1n) is 4.13. The third-order valence-electron chi connectivity index (χ3n) is 1.76. The molecule has 0 fully saturated rings. The molecule has 0 saturated carbocycles. The number of rotatable bonds is 2. The quantitative estimate of drug-likeness (QED) is 0.667. The lowest BCUT2D eigenvalue weighted by Crippen LogP contribution is -2.11. The highest BCUT2D eigenvalue weighted by atomic mass is 35.5. The van der Waals surface area contributed by atoms with Crippen molar-refractivity contribution in [2.45, 2.75) is 25.4 Å². The topological polar surface area (TPSA) is 0 Å². The van der Waals surface area contributed by atoms with Crippen LogP contribution in [0.5, 0.6) is 0 Å². The van der Waals surface area contributed by atoms with Gasteiger partial charge in [0.1, 0.15) is 0 Å². The highest BCUT2D eigenvalue weighted by molar-refractivity contribution is 6.17. The van der Waals surface area contributed by atoms with Gasteiger partial charge in [-0.25, -0.2) is 0 Å². The Morgan fingerprint density at radius 2 is 1.71 bits per heavy atom. The van der Waals surface area contributed by atoms with Gasteiger partial charge < -0.3 is 0 Å². The zero-order valence-electron chi connectivity index (χ0n) is 7.66. The Kier molecular flexibility index (Phi) is 3.43. The molecule has 0 saturated heterocycles. The van der Waals surface area contributed by atoms with Crippen LogP contribution >= 0.6 is 11.6 Å². The van der Waals surface area contributed by atoms with Crippen LogP contribution in [-0.4, -0.2) is 6.18 Å². The Hall–Kier alpha value is -0.700. The fourth-order valence-electron chi connectivity index (χ4n) is 1.36. The Morgan fingerprint density at radius 1 is 1.14 bits per heavy atom. The van der Waals surface area contributed by atoms with Crippen LogP contribution < -0.4 is 0 Å². The van der Waals surface area contributed by atoms with Gasteiger partial charge in [-0.1, -0.05) is 23.8 Å². The first-order chi connectivity index (χ1) is 6.40. The van der Waals surface area contributed by atoms with Crippen molar-refractivity contribution >= 4 is 11.6 Å². The first kappa shape index (κ1) is 11.4. The van der Waals surface area contributed by atoms with Crippen molar-refractivity contribution in [2.24, 2.45) is 0 Å². The minimum Gasteiger partial charge on any atom is -0.171 e. The number of aryl methyl sites for hydroxylation is 1. The molecule has 0 aliphatic rings. The predicted molar refractivity (Wildman–Crippen MR) is 50.5 cm³/mol. The van der Waals surface area contributed by atoms with Crippen LogP contribution in [0.1, 0.15) is 16.7 Å². The van der Waals surface area contributed by atoms with E-state index in [0.29, 0.717) is 0 Å². The molecule has 1 aromatic carbocycles. The van der Waals surface area contributed by atoms with Crippen LogP contribution in [0.3, 0.4) is 0 Å². The highest BCUT2D eigenvalue weighted by Gasteiger charge is 2.27. The summed E-state index contributed by atoms with van der Waals surface area (Å²) < 4.78 is 36.2. The molecular formula is C10H10ClF3. The van der Waals surface area contributed by atoms with E-state index in [1.165, 1.54) is 12.1 Å². The molecule has 0 amide bonds. The van der Waals surface area contributed by atoms with Crippen LogP contribution in [0.2, 0.25) is 0 Å². The molecule has 0 N–H and O–H groups in total. The van der Waals surface area contributed by atoms with Crippen LogP contribution in [0, 0.1) is 6.92 Å². The van der Waals surface area contributed by atoms with Crippen LogP contribution in [0.4, 0.5) is 13.2 Å². The van der Waals surface area contributed by atoms with Gasteiger partial charge in [0.15, 0.2) is 0 Å². The minimum absolute atomic E-state index is 0.243. The van der Waals surface area contributed by atoms with E-state index in [9.17, 15) is 13.2 Å². The van der Waals surface area contributed by atoms with Gasteiger partial charge in [-0.05, 0) is 18.1 Å². The van der Waals surface area contributed by atoms with Crippen LogP contribution in [0.15, 0.2) is 18.2 Å². The molecule has 1 aromatic rings. The molecule has 4 heteroatoms. The summed E-state index contributed by atoms with van der Waals surface area (Å²) >= 11 is 5.56. The normalized spacial score (nSPS) is 11.8. The number of halogens is 4. The molecule has 78 valence electrons. The molecule has 0 spiro atoms. The van der Waals surface area contributed by atoms with Crippen LogP contribution in [-0.2, 0) is 12.3 Å². The molecule has 0 radical (unpaired) electrons. The Balaban J connectivity index is 2.92. The van der Waals surface area contributed by atoms with Crippen molar-refractivity contribution in [1.82, 2.24) is 0 Å². The number of benzene rings is 1. The van der Waals surface area contributed by atoms with Crippen molar-refractivity contribution < 1.29 is 13.2 Å². The van der Waals surface area contributed by atoms with E-state index < -0.39 is 12.6 Å². The smallest absolute Gasteiger partial charge is 0.171 e. The van der Waals surface area contributed by atoms with Crippen molar-refractivity contribution in [1.29, 1.82) is 0 Å². The van der Waals surface area contributed by atoms with Crippen molar-refractivity contribution in [3.8, 4) is 0 Å². The SMILES string of the molecule is Cc1cc(CCl)cc(CC(F)(F)F)c1. The van der Waals surface area contributed by atoms with Gasteiger partial charge in [-0.15, -0.1) is 11.6 Å². The van der Waals surface area contributed by atoms with Crippen molar-refractivity contribution in [3.05, 3.63) is 34.9 Å². The lowest BCUT2D eigenvalue weighted by molar-refractivity contribution is -0.127. The largest absolute Gasteiger partial charge is 0.393 e. The zero-order chi connectivity index (χ0) is 10.8. The molecule has 1 rings (SSSR count). The summed E-state index contributed by atoms with van der Waals surface area (Å²) in [4.78, 5) is 0. The Bertz CT molecular complexity index is 318.